The van der Waals surface area contributed by atoms with Crippen molar-refractivity contribution in [2.75, 3.05) is 11.9 Å². The van der Waals surface area contributed by atoms with E-state index in [1.165, 1.54) is 12.3 Å². The van der Waals surface area contributed by atoms with Crippen molar-refractivity contribution in [2.24, 2.45) is 0 Å². The molecule has 0 spiro atoms. The number of nitrogens with one attached hydrogen (secondary N) is 2. The van der Waals surface area contributed by atoms with Gasteiger partial charge >= 0.3 is 5.69 Å². The molecule has 1 fully saturated rings. The van der Waals surface area contributed by atoms with Gasteiger partial charge in [0.25, 0.3) is 0 Å². The van der Waals surface area contributed by atoms with Gasteiger partial charge in [0.1, 0.15) is 24.1 Å². The Kier molecular flexibility index (Phi) is 3.38. The number of ether oxygens (including phenoxy) is 1. The Labute approximate surface area is 95.9 Å². The van der Waals surface area contributed by atoms with Crippen LogP contribution in [0.3, 0.4) is 0 Å². The van der Waals surface area contributed by atoms with E-state index in [1.807, 2.05) is 0 Å². The van der Waals surface area contributed by atoms with Crippen LogP contribution >= 0.6 is 0 Å². The number of hydrogen-bond donors (Lipinski definition) is 5. The van der Waals surface area contributed by atoms with Gasteiger partial charge in [0.05, 0.1) is 6.61 Å². The monoisotopic (exact) mass is 243 g/mol. The molecular formula is C9H13N3O5. The normalized spacial score (nSPS) is 33.4. The molecule has 1 aromatic rings. The zero-order valence-corrected chi connectivity index (χ0v) is 8.78. The molecule has 2 rings (SSSR count). The third kappa shape index (κ3) is 2.61. The molecule has 2 heterocycles. The first-order chi connectivity index (χ1) is 8.08. The van der Waals surface area contributed by atoms with E-state index < -0.39 is 30.2 Å². The van der Waals surface area contributed by atoms with Crippen molar-refractivity contribution in [3.8, 4) is 0 Å². The lowest BCUT2D eigenvalue weighted by molar-refractivity contribution is -0.178. The largest absolute Gasteiger partial charge is 0.388 e. The molecule has 17 heavy (non-hydrogen) atoms. The van der Waals surface area contributed by atoms with Gasteiger partial charge in [-0.1, -0.05) is 0 Å². The lowest BCUT2D eigenvalue weighted by atomic mass is 10.0. The number of aromatic amines is 1. The van der Waals surface area contributed by atoms with Crippen molar-refractivity contribution in [3.05, 3.63) is 22.7 Å². The molecule has 0 aromatic carbocycles. The standard InChI is InChI=1S/C9H13N3O5/c13-4-3-17-8(7(15)6(4)14)11-5-1-2-10-9(16)12-5/h1-2,4,6-8,13-15H,3H2,(H2,10,11,12,16)/t4-,6-,7-,8-/m0/s1. The summed E-state index contributed by atoms with van der Waals surface area (Å²) < 4.78 is 5.09. The van der Waals surface area contributed by atoms with Crippen LogP contribution in [0.25, 0.3) is 0 Å². The summed E-state index contributed by atoms with van der Waals surface area (Å²) in [4.78, 5) is 16.9. The van der Waals surface area contributed by atoms with Crippen LogP contribution in [0.15, 0.2) is 17.1 Å². The number of aliphatic hydroxyl groups is 3. The maximum Gasteiger partial charge on any atom is 0.346 e. The van der Waals surface area contributed by atoms with Crippen LogP contribution in [0.1, 0.15) is 0 Å². The number of anilines is 1. The molecule has 0 radical (unpaired) electrons. The predicted molar refractivity (Wildman–Crippen MR) is 56.2 cm³/mol. The Morgan fingerprint density at radius 2 is 2.18 bits per heavy atom. The fourth-order valence-corrected chi connectivity index (χ4v) is 1.53. The lowest BCUT2D eigenvalue weighted by Crippen LogP contribution is -2.55. The van der Waals surface area contributed by atoms with E-state index in [0.29, 0.717) is 0 Å². The van der Waals surface area contributed by atoms with Gasteiger partial charge in [-0.25, -0.2) is 4.79 Å². The average Bonchev–Trinajstić information content (AvgIpc) is 2.30. The van der Waals surface area contributed by atoms with Crippen molar-refractivity contribution < 1.29 is 20.1 Å². The molecule has 0 bridgehead atoms. The van der Waals surface area contributed by atoms with Gasteiger partial charge in [0, 0.05) is 6.20 Å². The molecule has 4 atom stereocenters. The number of H-pyrrole nitrogens is 1. The van der Waals surface area contributed by atoms with Crippen molar-refractivity contribution in [2.45, 2.75) is 24.5 Å². The Balaban J connectivity index is 2.06. The quantitative estimate of drug-likeness (QED) is 0.392. The number of nitrogens with zero attached hydrogens (tertiary/aromatic N) is 1. The number of aromatic nitrogens is 2. The Morgan fingerprint density at radius 1 is 1.41 bits per heavy atom. The summed E-state index contributed by atoms with van der Waals surface area (Å²) in [5, 5.41) is 31.0. The predicted octanol–water partition coefficient (Wildman–Crippen LogP) is -2.38. The van der Waals surface area contributed by atoms with E-state index in [9.17, 15) is 20.1 Å². The highest BCUT2D eigenvalue weighted by atomic mass is 16.5. The highest BCUT2D eigenvalue weighted by Gasteiger charge is 2.37. The first kappa shape index (κ1) is 12.0. The molecule has 5 N–H and O–H groups in total. The van der Waals surface area contributed by atoms with Gasteiger partial charge < -0.3 is 30.4 Å². The van der Waals surface area contributed by atoms with Crippen LogP contribution < -0.4 is 11.0 Å². The molecule has 1 aromatic heterocycles. The van der Waals surface area contributed by atoms with Gasteiger partial charge in [0.15, 0.2) is 6.23 Å². The fourth-order valence-electron chi connectivity index (χ4n) is 1.53. The SMILES string of the molecule is O=c1nc(N[C@H]2OC[C@H](O)[C@H](O)[C@@H]2O)cc[nH]1. The van der Waals surface area contributed by atoms with Crippen LogP contribution in [0.5, 0.6) is 0 Å². The van der Waals surface area contributed by atoms with E-state index in [2.05, 4.69) is 15.3 Å². The van der Waals surface area contributed by atoms with Crippen molar-refractivity contribution in [1.29, 1.82) is 0 Å². The van der Waals surface area contributed by atoms with E-state index in [0.717, 1.165) is 0 Å². The first-order valence-corrected chi connectivity index (χ1v) is 5.06. The molecule has 1 aliphatic rings. The van der Waals surface area contributed by atoms with Crippen LogP contribution in [-0.2, 0) is 4.74 Å². The second-order valence-electron chi connectivity index (χ2n) is 3.73. The molecule has 8 nitrogen and oxygen atoms in total. The maximum absolute atomic E-state index is 10.9. The molecule has 94 valence electrons. The second kappa shape index (κ2) is 4.80. The molecule has 1 saturated heterocycles. The van der Waals surface area contributed by atoms with Gasteiger partial charge in [-0.2, -0.15) is 4.98 Å². The van der Waals surface area contributed by atoms with Crippen molar-refractivity contribution >= 4 is 5.82 Å². The molecular weight excluding hydrogens is 230 g/mol. The minimum Gasteiger partial charge on any atom is -0.388 e. The summed E-state index contributed by atoms with van der Waals surface area (Å²) in [6.07, 6.45) is -3.28. The first-order valence-electron chi connectivity index (χ1n) is 5.06. The summed E-state index contributed by atoms with van der Waals surface area (Å²) in [6, 6.07) is 1.48. The molecule has 0 amide bonds. The van der Waals surface area contributed by atoms with Gasteiger partial charge in [-0.3, -0.25) is 0 Å². The molecule has 0 unspecified atom stereocenters. The van der Waals surface area contributed by atoms with Crippen LogP contribution in [-0.4, -0.2) is 56.4 Å². The van der Waals surface area contributed by atoms with E-state index in [-0.39, 0.29) is 12.4 Å². The molecule has 0 saturated carbocycles. The molecule has 0 aliphatic carbocycles. The topological polar surface area (TPSA) is 128 Å². The summed E-state index contributed by atoms with van der Waals surface area (Å²) in [5.41, 5.74) is -0.541. The molecule has 1 aliphatic heterocycles. The molecule has 8 heteroatoms. The smallest absolute Gasteiger partial charge is 0.346 e. The highest BCUT2D eigenvalue weighted by molar-refractivity contribution is 5.32. The van der Waals surface area contributed by atoms with E-state index in [4.69, 9.17) is 4.74 Å². The van der Waals surface area contributed by atoms with Crippen LogP contribution in [0.4, 0.5) is 5.82 Å². The Bertz CT molecular complexity index is 437. The highest BCUT2D eigenvalue weighted by Crippen LogP contribution is 2.16. The fraction of sp³-hybridized carbons (Fsp3) is 0.556. The summed E-state index contributed by atoms with van der Waals surface area (Å²) in [7, 11) is 0. The van der Waals surface area contributed by atoms with Gasteiger partial charge in [0.2, 0.25) is 0 Å². The minimum absolute atomic E-state index is 0.112. The van der Waals surface area contributed by atoms with Gasteiger partial charge in [-0.15, -0.1) is 0 Å². The third-order valence-corrected chi connectivity index (χ3v) is 2.46. The minimum atomic E-state index is -1.31. The average molecular weight is 243 g/mol. The maximum atomic E-state index is 10.9. The van der Waals surface area contributed by atoms with Crippen LogP contribution in [0, 0.1) is 0 Å². The zero-order valence-electron chi connectivity index (χ0n) is 8.78. The summed E-state index contributed by atoms with van der Waals surface area (Å²) >= 11 is 0. The summed E-state index contributed by atoms with van der Waals surface area (Å²) in [5.74, 6) is 0.210. The van der Waals surface area contributed by atoms with E-state index in [1.54, 1.807) is 0 Å². The van der Waals surface area contributed by atoms with Crippen molar-refractivity contribution in [1.82, 2.24) is 9.97 Å². The second-order valence-corrected chi connectivity index (χ2v) is 3.73. The Hall–Kier alpha value is -1.48. The zero-order chi connectivity index (χ0) is 12.4. The van der Waals surface area contributed by atoms with Crippen LogP contribution in [0.2, 0.25) is 0 Å². The van der Waals surface area contributed by atoms with E-state index >= 15 is 0 Å². The lowest BCUT2D eigenvalue weighted by Gasteiger charge is -2.35. The number of rotatable bonds is 2. The number of aliphatic hydroxyl groups excluding tert-OH is 3. The summed E-state index contributed by atoms with van der Waals surface area (Å²) in [6.45, 7) is -0.112. The number of hydrogen-bond acceptors (Lipinski definition) is 7. The van der Waals surface area contributed by atoms with Crippen molar-refractivity contribution in [3.63, 3.8) is 0 Å². The Morgan fingerprint density at radius 3 is 2.88 bits per heavy atom. The third-order valence-electron chi connectivity index (χ3n) is 2.46. The van der Waals surface area contributed by atoms with Gasteiger partial charge in [-0.05, 0) is 6.07 Å².